The largest absolute Gasteiger partial charge is 0.350 e. The number of Topliss-reactive ketones (excluding diaryl/α,β-unsaturated/α-hetero) is 2. The minimum absolute atomic E-state index is 0.397. The Morgan fingerprint density at radius 3 is 2.43 bits per heavy atom. The van der Waals surface area contributed by atoms with Crippen molar-refractivity contribution in [1.29, 1.82) is 0 Å². The van der Waals surface area contributed by atoms with Crippen LogP contribution in [0.4, 0.5) is 0 Å². The monoisotopic (exact) mass is 297 g/mol. The van der Waals surface area contributed by atoms with Crippen molar-refractivity contribution in [2.75, 3.05) is 0 Å². The molecule has 0 fully saturated rings. The van der Waals surface area contributed by atoms with Crippen molar-refractivity contribution in [3.05, 3.63) is 70.9 Å². The van der Waals surface area contributed by atoms with Crippen molar-refractivity contribution < 1.29 is 9.59 Å². The Balaban J connectivity index is 2.09. The highest BCUT2D eigenvalue weighted by Gasteiger charge is 2.22. The second kappa shape index (κ2) is 5.19. The highest BCUT2D eigenvalue weighted by molar-refractivity contribution is 6.51. The fraction of sp³-hybridized carbons (Fsp3) is 0.0588. The first-order valence-electron chi connectivity index (χ1n) is 6.46. The summed E-state index contributed by atoms with van der Waals surface area (Å²) in [5.74, 6) is -1.01. The third kappa shape index (κ3) is 2.36. The molecular weight excluding hydrogens is 286 g/mol. The van der Waals surface area contributed by atoms with Crippen molar-refractivity contribution >= 4 is 34.1 Å². The normalized spacial score (nSPS) is 10.8. The van der Waals surface area contributed by atoms with Gasteiger partial charge in [0.25, 0.3) is 0 Å². The van der Waals surface area contributed by atoms with Crippen LogP contribution in [0.3, 0.4) is 0 Å². The lowest BCUT2D eigenvalue weighted by Gasteiger charge is -1.99. The zero-order valence-electron chi connectivity index (χ0n) is 11.3. The van der Waals surface area contributed by atoms with E-state index < -0.39 is 11.6 Å². The Morgan fingerprint density at radius 1 is 1.00 bits per heavy atom. The van der Waals surface area contributed by atoms with Gasteiger partial charge in [0.15, 0.2) is 0 Å². The summed E-state index contributed by atoms with van der Waals surface area (Å²) in [5.41, 5.74) is 1.62. The average molecular weight is 298 g/mol. The van der Waals surface area contributed by atoms with E-state index in [0.717, 1.165) is 10.9 Å². The summed E-state index contributed by atoms with van der Waals surface area (Å²) in [5, 5.41) is 1.33. The van der Waals surface area contributed by atoms with Gasteiger partial charge in [-0.3, -0.25) is 9.59 Å². The van der Waals surface area contributed by atoms with Crippen molar-refractivity contribution in [3.63, 3.8) is 0 Å². The van der Waals surface area contributed by atoms with E-state index in [-0.39, 0.29) is 0 Å². The van der Waals surface area contributed by atoms with E-state index in [1.54, 1.807) is 59.3 Å². The van der Waals surface area contributed by atoms with Gasteiger partial charge in [-0.15, -0.1) is 0 Å². The van der Waals surface area contributed by atoms with E-state index in [0.29, 0.717) is 16.1 Å². The summed E-state index contributed by atoms with van der Waals surface area (Å²) in [6.07, 6.45) is 1.67. The molecule has 1 heterocycles. The van der Waals surface area contributed by atoms with Crippen LogP contribution < -0.4 is 0 Å². The van der Waals surface area contributed by atoms with Crippen LogP contribution in [-0.4, -0.2) is 16.1 Å². The van der Waals surface area contributed by atoms with Crippen molar-refractivity contribution in [3.8, 4) is 0 Å². The van der Waals surface area contributed by atoms with Crippen LogP contribution >= 0.6 is 11.6 Å². The maximum atomic E-state index is 12.5. The van der Waals surface area contributed by atoms with Crippen molar-refractivity contribution in [1.82, 2.24) is 4.57 Å². The number of carbonyl (C=O) groups is 2. The average Bonchev–Trinajstić information content (AvgIpc) is 2.83. The number of benzene rings is 2. The highest BCUT2D eigenvalue weighted by Crippen LogP contribution is 2.25. The molecule has 21 heavy (non-hydrogen) atoms. The number of hydrogen-bond acceptors (Lipinski definition) is 2. The minimum Gasteiger partial charge on any atom is -0.350 e. The van der Waals surface area contributed by atoms with E-state index in [1.165, 1.54) is 0 Å². The predicted molar refractivity (Wildman–Crippen MR) is 83.0 cm³/mol. The third-order valence-corrected chi connectivity index (χ3v) is 3.67. The maximum absolute atomic E-state index is 12.5. The number of fused-ring (bicyclic) bond motifs is 1. The maximum Gasteiger partial charge on any atom is 0.235 e. The molecule has 0 aliphatic carbocycles. The van der Waals surface area contributed by atoms with Crippen LogP contribution in [0.1, 0.15) is 20.7 Å². The summed E-state index contributed by atoms with van der Waals surface area (Å²) in [6.45, 7) is 0. The Morgan fingerprint density at radius 2 is 1.71 bits per heavy atom. The summed E-state index contributed by atoms with van der Waals surface area (Å²) in [7, 11) is 1.82. The number of carbonyl (C=O) groups excluding carboxylic acids is 2. The molecule has 0 aliphatic rings. The van der Waals surface area contributed by atoms with Gasteiger partial charge in [-0.2, -0.15) is 0 Å². The Kier molecular flexibility index (Phi) is 3.35. The zero-order chi connectivity index (χ0) is 15.0. The molecule has 1 aromatic heterocycles. The zero-order valence-corrected chi connectivity index (χ0v) is 12.1. The van der Waals surface area contributed by atoms with Gasteiger partial charge in [-0.05, 0) is 12.1 Å². The molecule has 3 rings (SSSR count). The van der Waals surface area contributed by atoms with Gasteiger partial charge >= 0.3 is 0 Å². The molecule has 0 unspecified atom stereocenters. The molecule has 0 aliphatic heterocycles. The van der Waals surface area contributed by atoms with Crippen LogP contribution in [-0.2, 0) is 7.05 Å². The van der Waals surface area contributed by atoms with Crippen LogP contribution in [0.15, 0.2) is 54.7 Å². The second-order valence-electron chi connectivity index (χ2n) is 4.84. The Labute approximate surface area is 126 Å². The van der Waals surface area contributed by atoms with Crippen molar-refractivity contribution in [2.45, 2.75) is 0 Å². The molecule has 4 heteroatoms. The molecule has 0 radical (unpaired) electrons. The lowest BCUT2D eigenvalue weighted by atomic mass is 10.0. The van der Waals surface area contributed by atoms with Gasteiger partial charge in [0.05, 0.1) is 5.56 Å². The number of ketones is 2. The lowest BCUT2D eigenvalue weighted by Crippen LogP contribution is -2.14. The van der Waals surface area contributed by atoms with E-state index in [2.05, 4.69) is 0 Å². The molecule has 0 atom stereocenters. The van der Waals surface area contributed by atoms with Gasteiger partial charge < -0.3 is 4.57 Å². The number of rotatable bonds is 3. The predicted octanol–water partition coefficient (Wildman–Crippen LogP) is 3.90. The van der Waals surface area contributed by atoms with Gasteiger partial charge in [0.2, 0.25) is 11.6 Å². The molecule has 0 saturated heterocycles. The fourth-order valence-corrected chi connectivity index (χ4v) is 2.55. The highest BCUT2D eigenvalue weighted by atomic mass is 35.5. The molecule has 0 amide bonds. The van der Waals surface area contributed by atoms with Crippen LogP contribution in [0, 0.1) is 0 Å². The fourth-order valence-electron chi connectivity index (χ4n) is 2.38. The third-order valence-electron chi connectivity index (χ3n) is 3.44. The first-order valence-corrected chi connectivity index (χ1v) is 6.84. The molecule has 3 aromatic rings. The van der Waals surface area contributed by atoms with E-state index in [1.807, 2.05) is 7.05 Å². The Hall–Kier alpha value is -2.39. The minimum atomic E-state index is -0.505. The summed E-state index contributed by atoms with van der Waals surface area (Å²) in [6, 6.07) is 13.8. The molecule has 104 valence electrons. The molecule has 0 saturated carbocycles. The first kappa shape index (κ1) is 13.6. The second-order valence-corrected chi connectivity index (χ2v) is 5.28. The van der Waals surface area contributed by atoms with E-state index in [4.69, 9.17) is 11.6 Å². The molecular formula is C17H12ClNO2. The number of halogens is 1. The molecule has 0 N–H and O–H groups in total. The molecule has 3 nitrogen and oxygen atoms in total. The van der Waals surface area contributed by atoms with Crippen molar-refractivity contribution in [2.24, 2.45) is 7.05 Å². The standard InChI is InChI=1S/C17H12ClNO2/c1-19-10-14(13-8-7-12(18)9-15(13)19)17(21)16(20)11-5-3-2-4-6-11/h2-10H,1H3. The molecule has 0 bridgehead atoms. The lowest BCUT2D eigenvalue weighted by molar-refractivity contribution is 0.0818. The van der Waals surface area contributed by atoms with Gasteiger partial charge in [-0.25, -0.2) is 0 Å². The van der Waals surface area contributed by atoms with Gasteiger partial charge in [0, 0.05) is 34.7 Å². The smallest absolute Gasteiger partial charge is 0.235 e. The van der Waals surface area contributed by atoms with Gasteiger partial charge in [0.1, 0.15) is 0 Å². The van der Waals surface area contributed by atoms with Gasteiger partial charge in [-0.1, -0.05) is 48.0 Å². The topological polar surface area (TPSA) is 39.1 Å². The SMILES string of the molecule is Cn1cc(C(=O)C(=O)c2ccccc2)c2ccc(Cl)cc21. The van der Waals surface area contributed by atoms with Crippen LogP contribution in [0.2, 0.25) is 5.02 Å². The summed E-state index contributed by atoms with van der Waals surface area (Å²) >= 11 is 5.97. The van der Waals surface area contributed by atoms with Crippen LogP contribution in [0.25, 0.3) is 10.9 Å². The first-order chi connectivity index (χ1) is 10.1. The summed E-state index contributed by atoms with van der Waals surface area (Å²) < 4.78 is 1.80. The molecule has 0 spiro atoms. The van der Waals surface area contributed by atoms with Crippen LogP contribution in [0.5, 0.6) is 0 Å². The number of hydrogen-bond donors (Lipinski definition) is 0. The number of nitrogens with zero attached hydrogens (tertiary/aromatic N) is 1. The summed E-state index contributed by atoms with van der Waals surface area (Å²) in [4.78, 5) is 24.7. The molecule has 2 aromatic carbocycles. The quantitative estimate of drug-likeness (QED) is 0.543. The number of aromatic nitrogens is 1. The van der Waals surface area contributed by atoms with E-state index in [9.17, 15) is 9.59 Å². The Bertz CT molecular complexity index is 850. The number of aryl methyl sites for hydroxylation is 1. The van der Waals surface area contributed by atoms with E-state index >= 15 is 0 Å².